The monoisotopic (exact) mass is 595 g/mol. The fourth-order valence-electron chi connectivity index (χ4n) is 6.54. The van der Waals surface area contributed by atoms with E-state index in [1.807, 2.05) is 73.7 Å². The third-order valence-corrected chi connectivity index (χ3v) is 8.84. The number of H-pyrrole nitrogens is 1. The number of aliphatic hydroxyl groups is 1. The average Bonchev–Trinajstić information content (AvgIpc) is 3.50. The van der Waals surface area contributed by atoms with Gasteiger partial charge in [0.1, 0.15) is 5.60 Å². The lowest BCUT2D eigenvalue weighted by Gasteiger charge is -2.44. The molecule has 3 heterocycles. The molecule has 10 nitrogen and oxygen atoms in total. The Balaban J connectivity index is 1.18. The average molecular weight is 596 g/mol. The van der Waals surface area contributed by atoms with E-state index in [9.17, 15) is 19.5 Å². The van der Waals surface area contributed by atoms with Crippen LogP contribution >= 0.6 is 0 Å². The number of hydrogen-bond donors (Lipinski definition) is 4. The Morgan fingerprint density at radius 1 is 1.05 bits per heavy atom. The van der Waals surface area contributed by atoms with Gasteiger partial charge in [-0.3, -0.25) is 20.0 Å². The molecule has 1 spiro atoms. The number of anilines is 1. The van der Waals surface area contributed by atoms with E-state index in [0.717, 1.165) is 38.8 Å². The van der Waals surface area contributed by atoms with Crippen LogP contribution in [0.1, 0.15) is 41.5 Å². The highest BCUT2D eigenvalue weighted by Crippen LogP contribution is 2.43. The van der Waals surface area contributed by atoms with Crippen LogP contribution in [0.5, 0.6) is 0 Å². The smallest absolute Gasteiger partial charge is 0.412 e. The molecule has 2 atom stereocenters. The summed E-state index contributed by atoms with van der Waals surface area (Å²) in [6.45, 7) is 2.58. The van der Waals surface area contributed by atoms with Crippen molar-refractivity contribution in [3.05, 3.63) is 95.2 Å². The summed E-state index contributed by atoms with van der Waals surface area (Å²) in [5.74, 6) is -1.05. The molecule has 228 valence electrons. The molecular weight excluding hydrogens is 558 g/mol. The minimum atomic E-state index is -0.782. The summed E-state index contributed by atoms with van der Waals surface area (Å²) in [5, 5.41) is 24.0. The highest BCUT2D eigenvalue weighted by atomic mass is 16.6. The number of nitrogens with one attached hydrogen (secondary N) is 3. The van der Waals surface area contributed by atoms with Gasteiger partial charge in [-0.25, -0.2) is 4.79 Å². The number of ether oxygens (including phenoxy) is 1. The fraction of sp³-hybridized carbons (Fsp3) is 0.353. The van der Waals surface area contributed by atoms with Gasteiger partial charge >= 0.3 is 6.09 Å². The Labute approximate surface area is 255 Å². The first-order valence-electron chi connectivity index (χ1n) is 15.1. The molecule has 1 fully saturated rings. The summed E-state index contributed by atoms with van der Waals surface area (Å²) in [6, 6.07) is 20.8. The quantitative estimate of drug-likeness (QED) is 0.229. The SMILES string of the molecule is Cc1cc(CC(CC(=O)N2CCC3(CC2)OC(=O)Nc2ccccc23)C(=O)N[C@H](CO)Cc2ccccc2)cc2cn[nH]c12. The number of benzene rings is 3. The van der Waals surface area contributed by atoms with Crippen molar-refractivity contribution < 1.29 is 24.2 Å². The zero-order valence-electron chi connectivity index (χ0n) is 24.7. The van der Waals surface area contributed by atoms with Crippen molar-refractivity contribution in [3.8, 4) is 0 Å². The molecule has 0 bridgehead atoms. The predicted molar refractivity (Wildman–Crippen MR) is 166 cm³/mol. The largest absolute Gasteiger partial charge is 0.438 e. The summed E-state index contributed by atoms with van der Waals surface area (Å²) >= 11 is 0. The first-order chi connectivity index (χ1) is 21.3. The van der Waals surface area contributed by atoms with E-state index in [1.165, 1.54) is 0 Å². The minimum Gasteiger partial charge on any atom is -0.438 e. The fourth-order valence-corrected chi connectivity index (χ4v) is 6.54. The molecule has 6 rings (SSSR count). The molecule has 3 aromatic carbocycles. The lowest BCUT2D eigenvalue weighted by atomic mass is 9.82. The Morgan fingerprint density at radius 2 is 1.80 bits per heavy atom. The number of nitrogens with zero attached hydrogens (tertiary/aromatic N) is 2. The number of piperidine rings is 1. The van der Waals surface area contributed by atoms with Gasteiger partial charge in [-0.1, -0.05) is 54.6 Å². The van der Waals surface area contributed by atoms with E-state index in [0.29, 0.717) is 38.8 Å². The predicted octanol–water partition coefficient (Wildman–Crippen LogP) is 4.22. The normalized spacial score (nSPS) is 17.0. The number of hydrogen-bond acceptors (Lipinski definition) is 6. The molecule has 0 radical (unpaired) electrons. The lowest BCUT2D eigenvalue weighted by molar-refractivity contribution is -0.140. The van der Waals surface area contributed by atoms with Gasteiger partial charge in [0.15, 0.2) is 0 Å². The second-order valence-corrected chi connectivity index (χ2v) is 11.9. The van der Waals surface area contributed by atoms with Gasteiger partial charge in [0.05, 0.1) is 36.0 Å². The maximum atomic E-state index is 13.8. The van der Waals surface area contributed by atoms with Crippen LogP contribution in [0, 0.1) is 12.8 Å². The van der Waals surface area contributed by atoms with Crippen molar-refractivity contribution in [2.24, 2.45) is 5.92 Å². The van der Waals surface area contributed by atoms with E-state index in [4.69, 9.17) is 4.74 Å². The molecule has 4 N–H and O–H groups in total. The topological polar surface area (TPSA) is 137 Å². The highest BCUT2D eigenvalue weighted by Gasteiger charge is 2.45. The van der Waals surface area contributed by atoms with Crippen LogP contribution in [-0.4, -0.2) is 63.8 Å². The maximum absolute atomic E-state index is 13.8. The molecule has 1 saturated heterocycles. The summed E-state index contributed by atoms with van der Waals surface area (Å²) in [7, 11) is 0. The van der Waals surface area contributed by atoms with Gasteiger partial charge < -0.3 is 20.1 Å². The number of likely N-dealkylation sites (tertiary alicyclic amines) is 1. The Bertz CT molecular complexity index is 1660. The molecule has 2 aliphatic rings. The number of carbonyl (C=O) groups excluding carboxylic acids is 3. The Kier molecular flexibility index (Phi) is 8.34. The second kappa shape index (κ2) is 12.5. The number of para-hydroxylation sites is 1. The number of aromatic amines is 1. The highest BCUT2D eigenvalue weighted by molar-refractivity contribution is 5.89. The second-order valence-electron chi connectivity index (χ2n) is 11.9. The van der Waals surface area contributed by atoms with Gasteiger partial charge in [0, 0.05) is 43.3 Å². The molecule has 2 aliphatic heterocycles. The first kappa shape index (κ1) is 29.4. The van der Waals surface area contributed by atoms with Gasteiger partial charge in [-0.2, -0.15) is 5.10 Å². The molecular formula is C34H37N5O5. The van der Waals surface area contributed by atoms with E-state index < -0.39 is 23.7 Å². The number of fused-ring (bicyclic) bond motifs is 3. The van der Waals surface area contributed by atoms with Crippen molar-refractivity contribution >= 4 is 34.5 Å². The maximum Gasteiger partial charge on any atom is 0.412 e. The number of amides is 3. The van der Waals surface area contributed by atoms with Crippen molar-refractivity contribution in [1.29, 1.82) is 0 Å². The molecule has 44 heavy (non-hydrogen) atoms. The van der Waals surface area contributed by atoms with Crippen LogP contribution < -0.4 is 10.6 Å². The van der Waals surface area contributed by atoms with Crippen LogP contribution in [0.3, 0.4) is 0 Å². The van der Waals surface area contributed by atoms with E-state index in [-0.39, 0.29) is 24.8 Å². The Hall–Kier alpha value is -4.70. The molecule has 0 aliphatic carbocycles. The molecule has 3 amide bonds. The number of carbonyl (C=O) groups is 3. The van der Waals surface area contributed by atoms with Crippen LogP contribution in [0.25, 0.3) is 10.9 Å². The zero-order valence-corrected chi connectivity index (χ0v) is 24.7. The van der Waals surface area contributed by atoms with Gasteiger partial charge in [0.25, 0.3) is 0 Å². The van der Waals surface area contributed by atoms with E-state index in [1.54, 1.807) is 11.1 Å². The molecule has 0 saturated carbocycles. The van der Waals surface area contributed by atoms with Gasteiger partial charge in [-0.05, 0) is 48.6 Å². The third-order valence-electron chi connectivity index (χ3n) is 8.84. The number of rotatable bonds is 9. The minimum absolute atomic E-state index is 0.0166. The molecule has 10 heteroatoms. The van der Waals surface area contributed by atoms with Gasteiger partial charge in [-0.15, -0.1) is 0 Å². The zero-order chi connectivity index (χ0) is 30.7. The molecule has 1 aromatic heterocycles. The van der Waals surface area contributed by atoms with E-state index in [2.05, 4.69) is 20.8 Å². The van der Waals surface area contributed by atoms with Crippen LogP contribution in [0.4, 0.5) is 10.5 Å². The summed E-state index contributed by atoms with van der Waals surface area (Å²) < 4.78 is 5.83. The lowest BCUT2D eigenvalue weighted by Crippen LogP contribution is -2.50. The number of aryl methyl sites for hydroxylation is 1. The number of aromatic nitrogens is 2. The standard InChI is InChI=1S/C34H37N5O5/c1-22-15-24(17-26-20-35-38-31(22)26)16-25(32(42)36-27(21-40)18-23-7-3-2-4-8-23)19-30(41)39-13-11-34(12-14-39)28-9-5-6-10-29(28)37-33(43)44-34/h2-10,15,17,20,25,27,40H,11-14,16,18-19,21H2,1H3,(H,35,38)(H,36,42)(H,37,43)/t25?,27-/m0/s1. The molecule has 1 unspecified atom stereocenters. The number of aliphatic hydroxyl groups excluding tert-OH is 1. The summed E-state index contributed by atoms with van der Waals surface area (Å²) in [6.07, 6.45) is 3.06. The molecule has 4 aromatic rings. The third kappa shape index (κ3) is 6.16. The van der Waals surface area contributed by atoms with Gasteiger partial charge in [0.2, 0.25) is 11.8 Å². The van der Waals surface area contributed by atoms with Crippen LogP contribution in [-0.2, 0) is 32.8 Å². The van der Waals surface area contributed by atoms with Crippen LogP contribution in [0.15, 0.2) is 72.9 Å². The van der Waals surface area contributed by atoms with Crippen molar-refractivity contribution in [2.75, 3.05) is 25.0 Å². The van der Waals surface area contributed by atoms with Crippen molar-refractivity contribution in [2.45, 2.75) is 50.7 Å². The van der Waals surface area contributed by atoms with Crippen molar-refractivity contribution in [1.82, 2.24) is 20.4 Å². The Morgan fingerprint density at radius 3 is 2.57 bits per heavy atom. The summed E-state index contributed by atoms with van der Waals surface area (Å²) in [5.41, 5.74) is 4.76. The summed E-state index contributed by atoms with van der Waals surface area (Å²) in [4.78, 5) is 41.6. The first-order valence-corrected chi connectivity index (χ1v) is 15.1. The van der Waals surface area contributed by atoms with Crippen LogP contribution in [0.2, 0.25) is 0 Å². The van der Waals surface area contributed by atoms with E-state index >= 15 is 0 Å². The van der Waals surface area contributed by atoms with Crippen molar-refractivity contribution in [3.63, 3.8) is 0 Å².